The molecule has 0 spiro atoms. The largest absolute Gasteiger partial charge is 0.357 e. The molecule has 7 heteroatoms. The van der Waals surface area contributed by atoms with Gasteiger partial charge in [-0.3, -0.25) is 19.1 Å². The Balaban J connectivity index is 1.78. The Bertz CT molecular complexity index is 721. The third-order valence-corrected chi connectivity index (χ3v) is 3.14. The number of rotatable bonds is 3. The highest BCUT2D eigenvalue weighted by Crippen LogP contribution is 2.18. The Morgan fingerprint density at radius 3 is 2.71 bits per heavy atom. The van der Waals surface area contributed by atoms with Crippen molar-refractivity contribution in [3.8, 4) is 5.69 Å². The molecule has 2 aromatic rings. The predicted octanol–water partition coefficient (Wildman–Crippen LogP) is 0.952. The zero-order chi connectivity index (χ0) is 14.8. The Labute approximate surface area is 120 Å². The van der Waals surface area contributed by atoms with Gasteiger partial charge in [-0.25, -0.2) is 0 Å². The Hall–Kier alpha value is -2.96. The third kappa shape index (κ3) is 2.66. The summed E-state index contributed by atoms with van der Waals surface area (Å²) in [5, 5.41) is 10.7. The minimum absolute atomic E-state index is 0.258. The van der Waals surface area contributed by atoms with E-state index < -0.39 is 0 Å². The molecule has 1 N–H and O–H groups in total. The summed E-state index contributed by atoms with van der Waals surface area (Å²) < 4.78 is 1.78. The van der Waals surface area contributed by atoms with Crippen molar-refractivity contribution >= 4 is 17.5 Å². The fourth-order valence-corrected chi connectivity index (χ4v) is 2.13. The molecule has 0 atom stereocenters. The number of benzene rings is 1. The van der Waals surface area contributed by atoms with Crippen molar-refractivity contribution in [2.45, 2.75) is 6.92 Å². The summed E-state index contributed by atoms with van der Waals surface area (Å²) in [7, 11) is 0. The van der Waals surface area contributed by atoms with Crippen LogP contribution in [0.4, 0.5) is 5.69 Å². The van der Waals surface area contributed by atoms with Gasteiger partial charge in [0.15, 0.2) is 0 Å². The van der Waals surface area contributed by atoms with Crippen LogP contribution in [-0.4, -0.2) is 38.0 Å². The molecule has 0 fully saturated rings. The molecule has 3 rings (SSSR count). The average molecular weight is 283 g/mol. The van der Waals surface area contributed by atoms with Crippen molar-refractivity contribution in [1.29, 1.82) is 0 Å². The van der Waals surface area contributed by atoms with Gasteiger partial charge in [0, 0.05) is 24.4 Å². The van der Waals surface area contributed by atoms with Crippen molar-refractivity contribution in [3.05, 3.63) is 48.7 Å². The predicted molar refractivity (Wildman–Crippen MR) is 75.5 cm³/mol. The molecule has 1 aliphatic rings. The minimum atomic E-state index is -0.292. The van der Waals surface area contributed by atoms with Crippen molar-refractivity contribution < 1.29 is 9.59 Å². The summed E-state index contributed by atoms with van der Waals surface area (Å²) in [5.74, 6) is -0.550. The lowest BCUT2D eigenvalue weighted by Gasteiger charge is -2.13. The van der Waals surface area contributed by atoms with Crippen LogP contribution >= 0.6 is 0 Å². The molecule has 21 heavy (non-hydrogen) atoms. The van der Waals surface area contributed by atoms with Crippen LogP contribution in [0, 0.1) is 0 Å². The van der Waals surface area contributed by atoms with Gasteiger partial charge in [-0.15, -0.1) is 10.2 Å². The number of carbonyl (C=O) groups excluding carboxylic acids is 2. The van der Waals surface area contributed by atoms with Gasteiger partial charge in [0.25, 0.3) is 5.91 Å². The molecule has 1 aliphatic heterocycles. The summed E-state index contributed by atoms with van der Waals surface area (Å²) in [6.45, 7) is 1.65. The number of nitrogens with zero attached hydrogens (tertiary/aromatic N) is 4. The van der Waals surface area contributed by atoms with Gasteiger partial charge >= 0.3 is 0 Å². The summed E-state index contributed by atoms with van der Waals surface area (Å²) in [6, 6.07) is 7.60. The molecule has 0 unspecified atom stereocenters. The lowest BCUT2D eigenvalue weighted by molar-refractivity contribution is -0.138. The second-order valence-electron chi connectivity index (χ2n) is 4.66. The van der Waals surface area contributed by atoms with Crippen LogP contribution < -0.4 is 5.32 Å². The number of anilines is 1. The van der Waals surface area contributed by atoms with Gasteiger partial charge in [0.1, 0.15) is 12.7 Å². The second-order valence-corrected chi connectivity index (χ2v) is 4.66. The lowest BCUT2D eigenvalue weighted by Crippen LogP contribution is -2.31. The maximum Gasteiger partial charge on any atom is 0.255 e. The molecule has 0 aliphatic carbocycles. The van der Waals surface area contributed by atoms with E-state index in [0.717, 1.165) is 11.4 Å². The molecule has 1 aromatic heterocycles. The molecular weight excluding hydrogens is 270 g/mol. The van der Waals surface area contributed by atoms with Crippen molar-refractivity contribution in [2.24, 2.45) is 0 Å². The van der Waals surface area contributed by atoms with Crippen molar-refractivity contribution in [1.82, 2.24) is 19.7 Å². The summed E-state index contributed by atoms with van der Waals surface area (Å²) in [5.41, 5.74) is 2.42. The first-order valence-electron chi connectivity index (χ1n) is 6.38. The number of amides is 2. The molecule has 2 amide bonds. The van der Waals surface area contributed by atoms with Crippen LogP contribution in [0.15, 0.2) is 48.7 Å². The molecular formula is C14H13N5O2. The number of aromatic nitrogens is 3. The quantitative estimate of drug-likeness (QED) is 0.907. The summed E-state index contributed by atoms with van der Waals surface area (Å²) in [4.78, 5) is 24.1. The number of hydrogen-bond acceptors (Lipinski definition) is 5. The highest BCUT2D eigenvalue weighted by molar-refractivity contribution is 6.03. The Morgan fingerprint density at radius 2 is 2.05 bits per heavy atom. The van der Waals surface area contributed by atoms with Crippen LogP contribution in [0.3, 0.4) is 0 Å². The SMILES string of the molecule is CC(=O)N1CC(Nc2cccc(-n3cnnc3)c2)=CC1=O. The van der Waals surface area contributed by atoms with Gasteiger partial charge in [0.05, 0.1) is 12.2 Å². The van der Waals surface area contributed by atoms with Gasteiger partial charge in [-0.2, -0.15) is 0 Å². The zero-order valence-electron chi connectivity index (χ0n) is 11.4. The fourth-order valence-electron chi connectivity index (χ4n) is 2.13. The number of nitrogens with one attached hydrogen (secondary N) is 1. The van der Waals surface area contributed by atoms with Crippen LogP contribution in [0.25, 0.3) is 5.69 Å². The number of imide groups is 1. The Kier molecular flexibility index (Phi) is 3.23. The van der Waals surface area contributed by atoms with Crippen LogP contribution in [0.5, 0.6) is 0 Å². The third-order valence-electron chi connectivity index (χ3n) is 3.14. The minimum Gasteiger partial charge on any atom is -0.357 e. The average Bonchev–Trinajstić information content (AvgIpc) is 3.09. The van der Waals surface area contributed by atoms with E-state index in [1.54, 1.807) is 17.2 Å². The molecule has 0 saturated heterocycles. The lowest BCUT2D eigenvalue weighted by atomic mass is 10.2. The summed E-state index contributed by atoms with van der Waals surface area (Å²) in [6.07, 6.45) is 4.65. The van der Waals surface area contributed by atoms with Crippen LogP contribution in [0.1, 0.15) is 6.92 Å². The first kappa shape index (κ1) is 13.0. The standard InChI is InChI=1S/C14H13N5O2/c1-10(20)19-7-12(6-14(19)21)17-11-3-2-4-13(5-11)18-8-15-16-9-18/h2-6,8-9,17H,7H2,1H3. The van der Waals surface area contributed by atoms with Gasteiger partial charge < -0.3 is 5.32 Å². The van der Waals surface area contributed by atoms with Crippen LogP contribution in [0.2, 0.25) is 0 Å². The normalized spacial score (nSPS) is 14.2. The molecule has 0 saturated carbocycles. The van der Waals surface area contributed by atoms with E-state index in [2.05, 4.69) is 15.5 Å². The fraction of sp³-hybridized carbons (Fsp3) is 0.143. The molecule has 2 heterocycles. The first-order valence-corrected chi connectivity index (χ1v) is 6.38. The summed E-state index contributed by atoms with van der Waals surface area (Å²) >= 11 is 0. The monoisotopic (exact) mass is 283 g/mol. The van der Waals surface area contributed by atoms with E-state index in [1.807, 2.05) is 24.3 Å². The topological polar surface area (TPSA) is 80.1 Å². The highest BCUT2D eigenvalue weighted by atomic mass is 16.2. The van der Waals surface area contributed by atoms with E-state index in [0.29, 0.717) is 5.70 Å². The molecule has 0 radical (unpaired) electrons. The maximum atomic E-state index is 11.6. The first-order chi connectivity index (χ1) is 10.1. The van der Waals surface area contributed by atoms with Crippen LogP contribution in [-0.2, 0) is 9.59 Å². The molecule has 0 bridgehead atoms. The zero-order valence-corrected chi connectivity index (χ0v) is 11.4. The highest BCUT2D eigenvalue weighted by Gasteiger charge is 2.24. The van der Waals surface area contributed by atoms with E-state index >= 15 is 0 Å². The molecule has 1 aromatic carbocycles. The number of hydrogen-bond donors (Lipinski definition) is 1. The van der Waals surface area contributed by atoms with Gasteiger partial charge in [-0.05, 0) is 18.2 Å². The number of carbonyl (C=O) groups is 2. The molecule has 106 valence electrons. The van der Waals surface area contributed by atoms with Crippen molar-refractivity contribution in [3.63, 3.8) is 0 Å². The van der Waals surface area contributed by atoms with Crippen molar-refractivity contribution in [2.75, 3.05) is 11.9 Å². The van der Waals surface area contributed by atoms with E-state index in [9.17, 15) is 9.59 Å². The van der Waals surface area contributed by atoms with Gasteiger partial charge in [-0.1, -0.05) is 6.07 Å². The van der Waals surface area contributed by atoms with E-state index in [1.165, 1.54) is 17.9 Å². The maximum absolute atomic E-state index is 11.6. The second kappa shape index (κ2) is 5.20. The smallest absolute Gasteiger partial charge is 0.255 e. The Morgan fingerprint density at radius 1 is 1.29 bits per heavy atom. The van der Waals surface area contributed by atoms with Gasteiger partial charge in [0.2, 0.25) is 5.91 Å². The van der Waals surface area contributed by atoms with E-state index in [4.69, 9.17) is 0 Å². The molecule has 7 nitrogen and oxygen atoms in total. The van der Waals surface area contributed by atoms with E-state index in [-0.39, 0.29) is 18.4 Å².